The number of aliphatic imine (C=N–C) groups is 1. The minimum atomic E-state index is -0.379. The molecule has 2 aliphatic rings. The average Bonchev–Trinajstić information content (AvgIpc) is 3.45. The first kappa shape index (κ1) is 19.3. The van der Waals surface area contributed by atoms with Gasteiger partial charge >= 0.3 is 0 Å². The quantitative estimate of drug-likeness (QED) is 0.427. The standard InChI is InChI=1S/C21H21N5O2S2/c27-26(28)16-7-8-18-19(12-16)30-20(24-18)22-10-9-14-3-5-15(6-4-14)23-21-25-11-1-2-17(25)13-29-21/h3-8,12,17H,1-2,9-11,13H2,(H,22,24)/b23-21-/t17-/m0/s1. The molecule has 2 fully saturated rings. The van der Waals surface area contributed by atoms with Crippen LogP contribution in [0.15, 0.2) is 47.5 Å². The summed E-state index contributed by atoms with van der Waals surface area (Å²) in [7, 11) is 0. The maximum Gasteiger partial charge on any atom is 0.270 e. The number of hydrogen-bond acceptors (Lipinski definition) is 7. The summed E-state index contributed by atoms with van der Waals surface area (Å²) in [6, 6.07) is 13.9. The molecule has 1 atom stereocenters. The number of aromatic nitrogens is 1. The maximum atomic E-state index is 10.9. The van der Waals surface area contributed by atoms with Gasteiger partial charge in [0.05, 0.1) is 20.8 Å². The third-order valence-corrected chi connectivity index (χ3v) is 7.57. The van der Waals surface area contributed by atoms with Crippen molar-refractivity contribution in [3.8, 4) is 0 Å². The number of nitrogens with one attached hydrogen (secondary N) is 1. The van der Waals surface area contributed by atoms with E-state index in [2.05, 4.69) is 39.5 Å². The lowest BCUT2D eigenvalue weighted by molar-refractivity contribution is -0.384. The van der Waals surface area contributed by atoms with Gasteiger partial charge in [0.25, 0.3) is 5.69 Å². The van der Waals surface area contributed by atoms with E-state index in [1.807, 2.05) is 11.8 Å². The highest BCUT2D eigenvalue weighted by molar-refractivity contribution is 8.14. The Kier molecular flexibility index (Phi) is 5.30. The summed E-state index contributed by atoms with van der Waals surface area (Å²) in [6.07, 6.45) is 3.45. The Morgan fingerprint density at radius 3 is 2.97 bits per heavy atom. The van der Waals surface area contributed by atoms with Crippen LogP contribution in [0.1, 0.15) is 18.4 Å². The van der Waals surface area contributed by atoms with Crippen molar-refractivity contribution in [2.75, 3.05) is 24.2 Å². The van der Waals surface area contributed by atoms with Gasteiger partial charge in [0.1, 0.15) is 0 Å². The fourth-order valence-electron chi connectivity index (χ4n) is 3.87. The second kappa shape index (κ2) is 8.23. The molecule has 0 aliphatic carbocycles. The van der Waals surface area contributed by atoms with Gasteiger partial charge in [-0.15, -0.1) is 0 Å². The van der Waals surface area contributed by atoms with Crippen LogP contribution in [0, 0.1) is 10.1 Å². The van der Waals surface area contributed by atoms with Crippen molar-refractivity contribution in [1.82, 2.24) is 9.88 Å². The van der Waals surface area contributed by atoms with Crippen molar-refractivity contribution >= 4 is 55.0 Å². The molecule has 2 saturated heterocycles. The molecule has 2 aliphatic heterocycles. The van der Waals surface area contributed by atoms with Gasteiger partial charge < -0.3 is 10.2 Å². The van der Waals surface area contributed by atoms with Gasteiger partial charge in [-0.05, 0) is 43.0 Å². The third kappa shape index (κ3) is 3.99. The van der Waals surface area contributed by atoms with E-state index in [0.29, 0.717) is 6.04 Å². The molecular weight excluding hydrogens is 418 g/mol. The lowest BCUT2D eigenvalue weighted by Crippen LogP contribution is -2.27. The number of hydrogen-bond donors (Lipinski definition) is 1. The zero-order valence-electron chi connectivity index (χ0n) is 16.3. The highest BCUT2D eigenvalue weighted by Gasteiger charge is 2.33. The lowest BCUT2D eigenvalue weighted by atomic mass is 10.1. The smallest absolute Gasteiger partial charge is 0.270 e. The second-order valence-electron chi connectivity index (χ2n) is 7.47. The van der Waals surface area contributed by atoms with Gasteiger partial charge in [0, 0.05) is 37.0 Å². The predicted octanol–water partition coefficient (Wildman–Crippen LogP) is 5.06. The van der Waals surface area contributed by atoms with Crippen LogP contribution in [0.25, 0.3) is 10.2 Å². The highest BCUT2D eigenvalue weighted by Crippen LogP contribution is 2.33. The van der Waals surface area contributed by atoms with Crippen LogP contribution in [-0.2, 0) is 6.42 Å². The van der Waals surface area contributed by atoms with E-state index in [-0.39, 0.29) is 10.6 Å². The van der Waals surface area contributed by atoms with E-state index >= 15 is 0 Å². The number of anilines is 1. The van der Waals surface area contributed by atoms with Crippen molar-refractivity contribution in [1.29, 1.82) is 0 Å². The van der Waals surface area contributed by atoms with Gasteiger partial charge in [-0.25, -0.2) is 9.98 Å². The topological polar surface area (TPSA) is 83.7 Å². The Morgan fingerprint density at radius 1 is 1.27 bits per heavy atom. The molecule has 7 nitrogen and oxygen atoms in total. The summed E-state index contributed by atoms with van der Waals surface area (Å²) < 4.78 is 0.820. The van der Waals surface area contributed by atoms with E-state index in [4.69, 9.17) is 4.99 Å². The molecule has 5 rings (SSSR count). The summed E-state index contributed by atoms with van der Waals surface area (Å²) >= 11 is 3.31. The summed E-state index contributed by atoms with van der Waals surface area (Å²) in [4.78, 5) is 22.3. The van der Waals surface area contributed by atoms with Crippen LogP contribution in [0.2, 0.25) is 0 Å². The Balaban J connectivity index is 1.18. The van der Waals surface area contributed by atoms with Gasteiger partial charge in [-0.3, -0.25) is 10.1 Å². The summed E-state index contributed by atoms with van der Waals surface area (Å²) in [5.74, 6) is 1.17. The number of nitrogens with zero attached hydrogens (tertiary/aromatic N) is 4. The van der Waals surface area contributed by atoms with E-state index in [0.717, 1.165) is 40.5 Å². The van der Waals surface area contributed by atoms with Crippen molar-refractivity contribution in [2.24, 2.45) is 4.99 Å². The molecule has 0 spiro atoms. The Labute approximate surface area is 182 Å². The van der Waals surface area contributed by atoms with E-state index in [1.165, 1.54) is 46.7 Å². The number of thioether (sulfide) groups is 1. The number of benzene rings is 2. The zero-order valence-corrected chi connectivity index (χ0v) is 17.9. The minimum Gasteiger partial charge on any atom is -0.361 e. The highest BCUT2D eigenvalue weighted by atomic mass is 32.2. The minimum absolute atomic E-state index is 0.0950. The van der Waals surface area contributed by atoms with E-state index in [9.17, 15) is 10.1 Å². The molecule has 0 unspecified atom stereocenters. The number of rotatable bonds is 6. The molecule has 9 heteroatoms. The van der Waals surface area contributed by atoms with Crippen LogP contribution in [0.5, 0.6) is 0 Å². The molecule has 1 aromatic heterocycles. The molecule has 1 N–H and O–H groups in total. The first-order valence-electron chi connectivity index (χ1n) is 10.0. The average molecular weight is 440 g/mol. The van der Waals surface area contributed by atoms with Crippen molar-refractivity contribution < 1.29 is 4.92 Å². The summed E-state index contributed by atoms with van der Waals surface area (Å²) in [5, 5.41) is 16.2. The lowest BCUT2D eigenvalue weighted by Gasteiger charge is -2.16. The number of fused-ring (bicyclic) bond motifs is 2. The number of thiazole rings is 1. The van der Waals surface area contributed by atoms with E-state index < -0.39 is 0 Å². The first-order chi connectivity index (χ1) is 14.7. The molecule has 0 bridgehead atoms. The van der Waals surface area contributed by atoms with Gasteiger partial charge in [-0.1, -0.05) is 35.2 Å². The van der Waals surface area contributed by atoms with Gasteiger partial charge in [0.2, 0.25) is 0 Å². The molecule has 3 heterocycles. The van der Waals surface area contributed by atoms with Crippen LogP contribution < -0.4 is 5.32 Å². The maximum absolute atomic E-state index is 10.9. The Hall–Kier alpha value is -2.65. The molecule has 154 valence electrons. The van der Waals surface area contributed by atoms with Crippen LogP contribution in [0.4, 0.5) is 16.5 Å². The molecule has 2 aromatic carbocycles. The van der Waals surface area contributed by atoms with Gasteiger partial charge in [0.15, 0.2) is 10.3 Å². The molecular formula is C21H21N5O2S2. The molecule has 0 amide bonds. The SMILES string of the molecule is O=[N+]([O-])c1ccc2nc(NCCc3ccc(/N=C4\SC[C@@H]5CCCN45)cc3)sc2c1. The monoisotopic (exact) mass is 439 g/mol. The summed E-state index contributed by atoms with van der Waals surface area (Å²) in [5.41, 5.74) is 3.12. The summed E-state index contributed by atoms with van der Waals surface area (Å²) in [6.45, 7) is 1.89. The largest absolute Gasteiger partial charge is 0.361 e. The Bertz CT molecular complexity index is 1110. The number of nitro groups is 1. The number of nitro benzene ring substituents is 1. The van der Waals surface area contributed by atoms with E-state index in [1.54, 1.807) is 12.1 Å². The third-order valence-electron chi connectivity index (χ3n) is 5.46. The van der Waals surface area contributed by atoms with Crippen molar-refractivity contribution in [2.45, 2.75) is 25.3 Å². The van der Waals surface area contributed by atoms with Crippen molar-refractivity contribution in [3.05, 3.63) is 58.1 Å². The van der Waals surface area contributed by atoms with Crippen molar-refractivity contribution in [3.63, 3.8) is 0 Å². The molecule has 3 aromatic rings. The zero-order chi connectivity index (χ0) is 20.5. The number of non-ortho nitro benzene ring substituents is 1. The normalized spacial score (nSPS) is 19.5. The predicted molar refractivity (Wildman–Crippen MR) is 124 cm³/mol. The fraction of sp³-hybridized carbons (Fsp3) is 0.333. The van der Waals surface area contributed by atoms with Crippen LogP contribution in [-0.4, -0.2) is 44.9 Å². The van der Waals surface area contributed by atoms with Crippen LogP contribution >= 0.6 is 23.1 Å². The molecule has 0 saturated carbocycles. The fourth-order valence-corrected chi connectivity index (χ4v) is 6.06. The second-order valence-corrected chi connectivity index (χ2v) is 9.48. The van der Waals surface area contributed by atoms with Crippen LogP contribution in [0.3, 0.4) is 0 Å². The van der Waals surface area contributed by atoms with Gasteiger partial charge in [-0.2, -0.15) is 0 Å². The first-order valence-corrected chi connectivity index (χ1v) is 11.8. The molecule has 30 heavy (non-hydrogen) atoms. The number of amidine groups is 1. The Morgan fingerprint density at radius 2 is 2.13 bits per heavy atom. The molecule has 0 radical (unpaired) electrons.